The molecule has 2 bridgehead atoms. The summed E-state index contributed by atoms with van der Waals surface area (Å²) < 4.78 is 0. The third-order valence-electron chi connectivity index (χ3n) is 7.86. The molecule has 2 saturated carbocycles. The number of fused-ring (bicyclic) bond motifs is 3. The molecule has 4 rings (SSSR count). The van der Waals surface area contributed by atoms with Crippen molar-refractivity contribution in [2.45, 2.75) is 76.8 Å². The Morgan fingerprint density at radius 1 is 1.26 bits per heavy atom. The lowest BCUT2D eigenvalue weighted by molar-refractivity contribution is -0.138. The van der Waals surface area contributed by atoms with Crippen LogP contribution >= 0.6 is 11.8 Å². The van der Waals surface area contributed by atoms with Crippen molar-refractivity contribution in [3.63, 3.8) is 0 Å². The maximum absolute atomic E-state index is 12.9. The van der Waals surface area contributed by atoms with E-state index in [4.69, 9.17) is 0 Å². The molecule has 2 amide bonds. The van der Waals surface area contributed by atoms with Crippen molar-refractivity contribution < 1.29 is 9.59 Å². The molecular formula is C18H28N2O2S. The highest BCUT2D eigenvalue weighted by Crippen LogP contribution is 2.65. The van der Waals surface area contributed by atoms with Gasteiger partial charge in [0.1, 0.15) is 6.04 Å². The summed E-state index contributed by atoms with van der Waals surface area (Å²) in [4.78, 5) is 26.9. The van der Waals surface area contributed by atoms with Crippen molar-refractivity contribution in [2.24, 2.45) is 16.7 Å². The third-order valence-corrected chi connectivity index (χ3v) is 9.36. The first-order valence-electron chi connectivity index (χ1n) is 8.95. The van der Waals surface area contributed by atoms with Crippen LogP contribution in [0.15, 0.2) is 0 Å². The molecule has 5 atom stereocenters. The fraction of sp³-hybridized carbons (Fsp3) is 0.889. The molecule has 1 N–H and O–H groups in total. The highest BCUT2D eigenvalue weighted by molar-refractivity contribution is 8.01. The van der Waals surface area contributed by atoms with Gasteiger partial charge in [0.25, 0.3) is 0 Å². The van der Waals surface area contributed by atoms with Crippen LogP contribution in [0.3, 0.4) is 0 Å². The predicted molar refractivity (Wildman–Crippen MR) is 91.9 cm³/mol. The fourth-order valence-electron chi connectivity index (χ4n) is 5.70. The van der Waals surface area contributed by atoms with Gasteiger partial charge in [-0.25, -0.2) is 0 Å². The molecule has 2 heterocycles. The molecule has 0 unspecified atom stereocenters. The highest BCUT2D eigenvalue weighted by atomic mass is 32.2. The average molecular weight is 337 g/mol. The van der Waals surface area contributed by atoms with Gasteiger partial charge in [0.05, 0.1) is 4.87 Å². The van der Waals surface area contributed by atoms with Crippen LogP contribution in [-0.4, -0.2) is 39.4 Å². The normalized spacial score (nSPS) is 47.2. The van der Waals surface area contributed by atoms with Gasteiger partial charge in [0.2, 0.25) is 11.8 Å². The molecule has 23 heavy (non-hydrogen) atoms. The molecule has 4 nitrogen and oxygen atoms in total. The van der Waals surface area contributed by atoms with Crippen LogP contribution in [-0.2, 0) is 9.59 Å². The Balaban J connectivity index is 1.51. The van der Waals surface area contributed by atoms with E-state index in [2.05, 4.69) is 33.0 Å². The molecule has 0 aromatic heterocycles. The van der Waals surface area contributed by atoms with Crippen LogP contribution in [0.25, 0.3) is 0 Å². The van der Waals surface area contributed by atoms with E-state index in [9.17, 15) is 9.59 Å². The van der Waals surface area contributed by atoms with Crippen LogP contribution in [0.1, 0.15) is 59.8 Å². The van der Waals surface area contributed by atoms with Gasteiger partial charge in [-0.15, -0.1) is 11.8 Å². The molecule has 0 aromatic rings. The Morgan fingerprint density at radius 3 is 2.61 bits per heavy atom. The fourth-order valence-corrected chi connectivity index (χ4v) is 7.14. The predicted octanol–water partition coefficient (Wildman–Crippen LogP) is 2.77. The molecule has 0 aromatic carbocycles. The monoisotopic (exact) mass is 336 g/mol. The summed E-state index contributed by atoms with van der Waals surface area (Å²) in [6.07, 6.45) is 5.05. The first kappa shape index (κ1) is 15.8. The van der Waals surface area contributed by atoms with Crippen LogP contribution in [0, 0.1) is 16.7 Å². The van der Waals surface area contributed by atoms with Gasteiger partial charge >= 0.3 is 0 Å². The van der Waals surface area contributed by atoms with Crippen molar-refractivity contribution in [2.75, 3.05) is 5.75 Å². The number of nitrogens with one attached hydrogen (secondary N) is 1. The number of hydrogen-bond donors (Lipinski definition) is 1. The van der Waals surface area contributed by atoms with Crippen LogP contribution < -0.4 is 5.32 Å². The van der Waals surface area contributed by atoms with Crippen LogP contribution in [0.5, 0.6) is 0 Å². The van der Waals surface area contributed by atoms with E-state index in [1.54, 1.807) is 11.8 Å². The highest BCUT2D eigenvalue weighted by Gasteiger charge is 2.62. The standard InChI is InChI=1S/C18H28N2O2S/c1-16(2)11-5-7-17(16,3)13(9-11)19-15(22)12-10-23-18(4)8-6-14(21)20(12)18/h11-13H,5-10H2,1-4H3,(H,19,22)/t11-,12+,13-,17-,18+/m1/s1. The molecule has 0 radical (unpaired) electrons. The number of carbonyl (C=O) groups excluding carboxylic acids is 2. The lowest BCUT2D eigenvalue weighted by atomic mass is 9.69. The van der Waals surface area contributed by atoms with Crippen molar-refractivity contribution in [3.05, 3.63) is 0 Å². The van der Waals surface area contributed by atoms with Crippen molar-refractivity contribution >= 4 is 23.6 Å². The summed E-state index contributed by atoms with van der Waals surface area (Å²) in [6, 6.07) is -0.0100. The van der Waals surface area contributed by atoms with Gasteiger partial charge in [-0.05, 0) is 49.4 Å². The number of thioether (sulfide) groups is 1. The van der Waals surface area contributed by atoms with E-state index in [1.165, 1.54) is 12.8 Å². The number of rotatable bonds is 2. The Hall–Kier alpha value is -0.710. The van der Waals surface area contributed by atoms with Gasteiger partial charge in [-0.2, -0.15) is 0 Å². The third kappa shape index (κ3) is 1.92. The summed E-state index contributed by atoms with van der Waals surface area (Å²) in [7, 11) is 0. The zero-order chi connectivity index (χ0) is 16.6. The summed E-state index contributed by atoms with van der Waals surface area (Å²) in [5.74, 6) is 1.68. The maximum Gasteiger partial charge on any atom is 0.243 e. The van der Waals surface area contributed by atoms with E-state index < -0.39 is 0 Å². The average Bonchev–Trinajstić information content (AvgIpc) is 3.09. The van der Waals surface area contributed by atoms with E-state index in [-0.39, 0.29) is 34.2 Å². The number of amides is 2. The van der Waals surface area contributed by atoms with E-state index >= 15 is 0 Å². The smallest absolute Gasteiger partial charge is 0.243 e. The minimum absolute atomic E-state index is 0.0750. The van der Waals surface area contributed by atoms with E-state index in [0.29, 0.717) is 11.8 Å². The number of nitrogens with zero attached hydrogens (tertiary/aromatic N) is 1. The summed E-state index contributed by atoms with van der Waals surface area (Å²) in [5.41, 5.74) is 0.491. The van der Waals surface area contributed by atoms with Crippen LogP contribution in [0.2, 0.25) is 0 Å². The van der Waals surface area contributed by atoms with Gasteiger partial charge in [0, 0.05) is 18.2 Å². The molecule has 128 valence electrons. The SMILES string of the molecule is CC1(C)[C@@H]2CC[C@]1(C)[C@H](NC(=O)[C@@H]1CS[C@@]3(C)CCC(=O)N13)C2. The Morgan fingerprint density at radius 2 is 2.00 bits per heavy atom. The molecule has 0 spiro atoms. The second-order valence-corrected chi connectivity index (χ2v) is 10.4. The second kappa shape index (κ2) is 4.68. The zero-order valence-electron chi connectivity index (χ0n) is 14.6. The topological polar surface area (TPSA) is 49.4 Å². The molecule has 4 aliphatic rings. The second-order valence-electron chi connectivity index (χ2n) is 8.94. The van der Waals surface area contributed by atoms with Gasteiger partial charge < -0.3 is 10.2 Å². The lowest BCUT2D eigenvalue weighted by Gasteiger charge is -2.40. The first-order chi connectivity index (χ1) is 10.7. The molecular weight excluding hydrogens is 308 g/mol. The molecule has 4 fully saturated rings. The quantitative estimate of drug-likeness (QED) is 0.843. The number of hydrogen-bond acceptors (Lipinski definition) is 3. The van der Waals surface area contributed by atoms with Crippen LogP contribution in [0.4, 0.5) is 0 Å². The molecule has 2 saturated heterocycles. The van der Waals surface area contributed by atoms with Gasteiger partial charge in [-0.3, -0.25) is 9.59 Å². The molecule has 2 aliphatic heterocycles. The summed E-state index contributed by atoms with van der Waals surface area (Å²) in [6.45, 7) is 9.18. The van der Waals surface area contributed by atoms with Gasteiger partial charge in [0.15, 0.2) is 0 Å². The zero-order valence-corrected chi connectivity index (χ0v) is 15.5. The van der Waals surface area contributed by atoms with Crippen molar-refractivity contribution in [1.29, 1.82) is 0 Å². The Labute approximate surface area is 143 Å². The van der Waals surface area contributed by atoms with Crippen molar-refractivity contribution in [1.82, 2.24) is 10.2 Å². The minimum atomic E-state index is -0.272. The molecule has 5 heteroatoms. The lowest BCUT2D eigenvalue weighted by Crippen LogP contribution is -2.55. The summed E-state index contributed by atoms with van der Waals surface area (Å²) >= 11 is 1.77. The Bertz CT molecular complexity index is 577. The van der Waals surface area contributed by atoms with Gasteiger partial charge in [-0.1, -0.05) is 20.8 Å². The minimum Gasteiger partial charge on any atom is -0.351 e. The van der Waals surface area contributed by atoms with E-state index in [1.807, 2.05) is 4.90 Å². The maximum atomic E-state index is 12.9. The van der Waals surface area contributed by atoms with E-state index in [0.717, 1.165) is 24.5 Å². The first-order valence-corrected chi connectivity index (χ1v) is 9.94. The largest absolute Gasteiger partial charge is 0.351 e. The summed E-state index contributed by atoms with van der Waals surface area (Å²) in [5, 5.41) is 3.35. The number of carbonyl (C=O) groups is 2. The Kier molecular flexibility index (Phi) is 3.21. The van der Waals surface area contributed by atoms with Crippen molar-refractivity contribution in [3.8, 4) is 0 Å². The molecule has 2 aliphatic carbocycles.